The molecule has 0 unspecified atom stereocenters. The van der Waals surface area contributed by atoms with Gasteiger partial charge in [-0.2, -0.15) is 0 Å². The first-order valence-corrected chi connectivity index (χ1v) is 8.11. The number of anilines is 1. The van der Waals surface area contributed by atoms with Crippen LogP contribution in [0.1, 0.15) is 31.2 Å². The zero-order valence-corrected chi connectivity index (χ0v) is 13.3. The SMILES string of the molecule is O=C(NCc1ccccc1OC1CCCC1)Nc1ccncc1F. The van der Waals surface area contributed by atoms with Gasteiger partial charge in [0.25, 0.3) is 0 Å². The van der Waals surface area contributed by atoms with Crippen molar-refractivity contribution >= 4 is 11.7 Å². The van der Waals surface area contributed by atoms with Gasteiger partial charge in [-0.05, 0) is 37.8 Å². The summed E-state index contributed by atoms with van der Waals surface area (Å²) in [7, 11) is 0. The Labute approximate surface area is 140 Å². The van der Waals surface area contributed by atoms with E-state index in [-0.39, 0.29) is 11.8 Å². The Kier molecular flexibility index (Phi) is 5.25. The predicted octanol–water partition coefficient (Wildman–Crippen LogP) is 3.86. The maximum absolute atomic E-state index is 13.5. The number of carbonyl (C=O) groups excluding carboxylic acids is 1. The summed E-state index contributed by atoms with van der Waals surface area (Å²) < 4.78 is 19.5. The quantitative estimate of drug-likeness (QED) is 0.875. The van der Waals surface area contributed by atoms with Crippen LogP contribution in [0.25, 0.3) is 0 Å². The van der Waals surface area contributed by atoms with Crippen molar-refractivity contribution in [3.63, 3.8) is 0 Å². The standard InChI is InChI=1S/C18H20FN3O2/c19-15-12-20-10-9-16(15)22-18(23)21-11-13-5-1-4-8-17(13)24-14-6-2-3-7-14/h1,4-5,8-10,12,14H,2-3,6-7,11H2,(H2,20,21,22,23). The maximum atomic E-state index is 13.5. The molecule has 0 bridgehead atoms. The minimum Gasteiger partial charge on any atom is -0.490 e. The molecule has 0 atom stereocenters. The Balaban J connectivity index is 1.58. The van der Waals surface area contributed by atoms with Gasteiger partial charge in [-0.25, -0.2) is 9.18 Å². The van der Waals surface area contributed by atoms with Gasteiger partial charge in [0.2, 0.25) is 0 Å². The molecule has 2 aromatic rings. The monoisotopic (exact) mass is 329 g/mol. The van der Waals surface area contributed by atoms with E-state index < -0.39 is 11.8 Å². The lowest BCUT2D eigenvalue weighted by Gasteiger charge is -2.17. The van der Waals surface area contributed by atoms with Gasteiger partial charge in [-0.15, -0.1) is 0 Å². The zero-order valence-electron chi connectivity index (χ0n) is 13.3. The number of nitrogens with one attached hydrogen (secondary N) is 2. The number of hydrogen-bond donors (Lipinski definition) is 2. The summed E-state index contributed by atoms with van der Waals surface area (Å²) in [6, 6.07) is 8.58. The van der Waals surface area contributed by atoms with Crippen LogP contribution in [0.15, 0.2) is 42.7 Å². The lowest BCUT2D eigenvalue weighted by Crippen LogP contribution is -2.29. The first-order valence-electron chi connectivity index (χ1n) is 8.11. The van der Waals surface area contributed by atoms with Crippen LogP contribution in [0.3, 0.4) is 0 Å². The Morgan fingerprint density at radius 2 is 2.04 bits per heavy atom. The summed E-state index contributed by atoms with van der Waals surface area (Å²) in [5.41, 5.74) is 0.993. The van der Waals surface area contributed by atoms with Gasteiger partial charge in [0, 0.05) is 18.3 Å². The Morgan fingerprint density at radius 3 is 2.83 bits per heavy atom. The fourth-order valence-corrected chi connectivity index (χ4v) is 2.77. The zero-order chi connectivity index (χ0) is 16.8. The fourth-order valence-electron chi connectivity index (χ4n) is 2.77. The second kappa shape index (κ2) is 7.77. The predicted molar refractivity (Wildman–Crippen MR) is 89.4 cm³/mol. The molecule has 1 aliphatic rings. The number of para-hydroxylation sites is 1. The number of urea groups is 1. The highest BCUT2D eigenvalue weighted by Crippen LogP contribution is 2.26. The second-order valence-corrected chi connectivity index (χ2v) is 5.80. The number of halogens is 1. The van der Waals surface area contributed by atoms with Gasteiger partial charge in [0.1, 0.15) is 5.75 Å². The van der Waals surface area contributed by atoms with Crippen LogP contribution in [-0.4, -0.2) is 17.1 Å². The molecule has 1 aliphatic carbocycles. The molecule has 2 amide bonds. The number of hydrogen-bond acceptors (Lipinski definition) is 3. The number of rotatable bonds is 5. The molecule has 3 rings (SSSR count). The van der Waals surface area contributed by atoms with Crippen molar-refractivity contribution in [1.82, 2.24) is 10.3 Å². The van der Waals surface area contributed by atoms with Crippen LogP contribution in [0, 0.1) is 5.82 Å². The molecule has 1 saturated carbocycles. The van der Waals surface area contributed by atoms with Gasteiger partial charge in [-0.1, -0.05) is 18.2 Å². The van der Waals surface area contributed by atoms with E-state index in [0.717, 1.165) is 30.4 Å². The minimum absolute atomic E-state index is 0.0954. The lowest BCUT2D eigenvalue weighted by atomic mass is 10.2. The molecule has 126 valence electrons. The van der Waals surface area contributed by atoms with Crippen molar-refractivity contribution in [2.75, 3.05) is 5.32 Å². The molecule has 24 heavy (non-hydrogen) atoms. The largest absolute Gasteiger partial charge is 0.490 e. The van der Waals surface area contributed by atoms with E-state index in [1.807, 2.05) is 24.3 Å². The molecule has 0 radical (unpaired) electrons. The summed E-state index contributed by atoms with van der Waals surface area (Å²) in [6.45, 7) is 0.307. The average Bonchev–Trinajstić information content (AvgIpc) is 3.09. The molecular formula is C18H20FN3O2. The Hall–Kier alpha value is -2.63. The highest BCUT2D eigenvalue weighted by molar-refractivity contribution is 5.89. The minimum atomic E-state index is -0.572. The van der Waals surface area contributed by atoms with E-state index in [4.69, 9.17) is 4.74 Å². The van der Waals surface area contributed by atoms with Crippen molar-refractivity contribution in [2.24, 2.45) is 0 Å². The van der Waals surface area contributed by atoms with E-state index >= 15 is 0 Å². The molecule has 1 heterocycles. The normalized spacial score (nSPS) is 14.4. The Morgan fingerprint density at radius 1 is 1.25 bits per heavy atom. The fraction of sp³-hybridized carbons (Fsp3) is 0.333. The highest BCUT2D eigenvalue weighted by Gasteiger charge is 2.18. The molecule has 5 nitrogen and oxygen atoms in total. The van der Waals surface area contributed by atoms with Crippen LogP contribution < -0.4 is 15.4 Å². The van der Waals surface area contributed by atoms with Crippen molar-refractivity contribution in [1.29, 1.82) is 0 Å². The molecule has 6 heteroatoms. The molecule has 1 fully saturated rings. The van der Waals surface area contributed by atoms with Gasteiger partial charge < -0.3 is 15.4 Å². The molecule has 0 saturated heterocycles. The molecule has 0 spiro atoms. The first-order chi connectivity index (χ1) is 11.7. The van der Waals surface area contributed by atoms with Crippen LogP contribution >= 0.6 is 0 Å². The van der Waals surface area contributed by atoms with E-state index in [9.17, 15) is 9.18 Å². The summed E-state index contributed by atoms with van der Waals surface area (Å²) in [5, 5.41) is 5.19. The average molecular weight is 329 g/mol. The third kappa shape index (κ3) is 4.22. The van der Waals surface area contributed by atoms with Crippen molar-refractivity contribution in [3.8, 4) is 5.75 Å². The van der Waals surface area contributed by atoms with Gasteiger partial charge >= 0.3 is 6.03 Å². The van der Waals surface area contributed by atoms with Crippen LogP contribution in [0.5, 0.6) is 5.75 Å². The number of nitrogens with zero attached hydrogens (tertiary/aromatic N) is 1. The number of pyridine rings is 1. The number of benzene rings is 1. The third-order valence-corrected chi connectivity index (χ3v) is 4.03. The first kappa shape index (κ1) is 16.2. The van der Waals surface area contributed by atoms with E-state index in [1.165, 1.54) is 25.1 Å². The van der Waals surface area contributed by atoms with Gasteiger partial charge in [-0.3, -0.25) is 4.98 Å². The van der Waals surface area contributed by atoms with Crippen LogP contribution in [-0.2, 0) is 6.54 Å². The van der Waals surface area contributed by atoms with Crippen LogP contribution in [0.2, 0.25) is 0 Å². The summed E-state index contributed by atoms with van der Waals surface area (Å²) in [5.74, 6) is 0.220. The smallest absolute Gasteiger partial charge is 0.319 e. The van der Waals surface area contributed by atoms with E-state index in [1.54, 1.807) is 0 Å². The van der Waals surface area contributed by atoms with Crippen molar-refractivity contribution < 1.29 is 13.9 Å². The Bertz CT molecular complexity index is 702. The van der Waals surface area contributed by atoms with E-state index in [2.05, 4.69) is 15.6 Å². The molecule has 2 N–H and O–H groups in total. The number of amides is 2. The summed E-state index contributed by atoms with van der Waals surface area (Å²) in [4.78, 5) is 15.6. The van der Waals surface area contributed by atoms with Crippen LogP contribution in [0.4, 0.5) is 14.9 Å². The number of aromatic nitrogens is 1. The number of carbonyl (C=O) groups is 1. The number of ether oxygens (including phenoxy) is 1. The molecular weight excluding hydrogens is 309 g/mol. The van der Waals surface area contributed by atoms with Crippen molar-refractivity contribution in [2.45, 2.75) is 38.3 Å². The third-order valence-electron chi connectivity index (χ3n) is 4.03. The molecule has 0 aliphatic heterocycles. The van der Waals surface area contributed by atoms with E-state index in [0.29, 0.717) is 6.54 Å². The lowest BCUT2D eigenvalue weighted by molar-refractivity contribution is 0.207. The summed E-state index contributed by atoms with van der Waals surface area (Å²) in [6.07, 6.45) is 7.28. The van der Waals surface area contributed by atoms with Crippen molar-refractivity contribution in [3.05, 3.63) is 54.1 Å². The second-order valence-electron chi connectivity index (χ2n) is 5.80. The molecule has 1 aromatic carbocycles. The van der Waals surface area contributed by atoms with Gasteiger partial charge in [0.05, 0.1) is 18.0 Å². The maximum Gasteiger partial charge on any atom is 0.319 e. The molecule has 1 aromatic heterocycles. The van der Waals surface area contributed by atoms with Gasteiger partial charge in [0.15, 0.2) is 5.82 Å². The topological polar surface area (TPSA) is 63.2 Å². The summed E-state index contributed by atoms with van der Waals surface area (Å²) >= 11 is 0. The highest BCUT2D eigenvalue weighted by atomic mass is 19.1.